The number of likely N-dealkylation sites (tertiary alicyclic amines) is 1. The Kier molecular flexibility index (Phi) is 2.49. The van der Waals surface area contributed by atoms with Crippen LogP contribution in [0.4, 0.5) is 0 Å². The Bertz CT molecular complexity index is 141. The highest BCUT2D eigenvalue weighted by atomic mass is 16.1. The third kappa shape index (κ3) is 1.59. The summed E-state index contributed by atoms with van der Waals surface area (Å²) in [4.78, 5) is 12.1. The number of allylic oxidation sites excluding steroid dienone is 1. The van der Waals surface area contributed by atoms with Crippen LogP contribution in [0.5, 0.6) is 0 Å². The van der Waals surface area contributed by atoms with Gasteiger partial charge in [-0.1, -0.05) is 11.6 Å². The van der Waals surface area contributed by atoms with Gasteiger partial charge in [0.2, 0.25) is 6.41 Å². The molecule has 0 bridgehead atoms. The molecule has 1 aliphatic rings. The van der Waals surface area contributed by atoms with Gasteiger partial charge in [-0.2, -0.15) is 0 Å². The molecule has 0 unspecified atom stereocenters. The second kappa shape index (κ2) is 3.40. The molecule has 1 aliphatic heterocycles. The first kappa shape index (κ1) is 7.32. The second-order valence-corrected chi connectivity index (χ2v) is 2.59. The van der Waals surface area contributed by atoms with Crippen LogP contribution >= 0.6 is 0 Å². The van der Waals surface area contributed by atoms with Crippen molar-refractivity contribution in [3.05, 3.63) is 11.6 Å². The minimum atomic E-state index is 0.906. The molecule has 1 fully saturated rings. The van der Waals surface area contributed by atoms with E-state index in [0.29, 0.717) is 0 Å². The Balaban J connectivity index is 2.37. The van der Waals surface area contributed by atoms with Crippen LogP contribution in [0.3, 0.4) is 0 Å². The summed E-state index contributed by atoms with van der Waals surface area (Å²) >= 11 is 0. The number of amides is 1. The van der Waals surface area contributed by atoms with Crippen LogP contribution < -0.4 is 0 Å². The molecule has 0 radical (unpaired) electrons. The number of nitrogens with zero attached hydrogens (tertiary/aromatic N) is 1. The van der Waals surface area contributed by atoms with Gasteiger partial charge in [0.15, 0.2) is 0 Å². The number of rotatable bonds is 1. The van der Waals surface area contributed by atoms with Crippen LogP contribution in [0.15, 0.2) is 11.6 Å². The molecule has 0 aromatic carbocycles. The van der Waals surface area contributed by atoms with E-state index in [9.17, 15) is 4.79 Å². The second-order valence-electron chi connectivity index (χ2n) is 2.59. The SMILES string of the molecule is CC=C1CCN(C=O)CC1. The van der Waals surface area contributed by atoms with Gasteiger partial charge < -0.3 is 4.90 Å². The van der Waals surface area contributed by atoms with E-state index >= 15 is 0 Å². The lowest BCUT2D eigenvalue weighted by atomic mass is 10.1. The lowest BCUT2D eigenvalue weighted by Gasteiger charge is -2.24. The fraction of sp³-hybridized carbons (Fsp3) is 0.625. The minimum Gasteiger partial charge on any atom is -0.345 e. The molecule has 0 spiro atoms. The highest BCUT2D eigenvalue weighted by molar-refractivity contribution is 5.47. The van der Waals surface area contributed by atoms with Crippen LogP contribution in [0.1, 0.15) is 19.8 Å². The molecule has 1 rings (SSSR count). The van der Waals surface area contributed by atoms with Crippen molar-refractivity contribution >= 4 is 6.41 Å². The predicted molar refractivity (Wildman–Crippen MR) is 40.6 cm³/mol. The van der Waals surface area contributed by atoms with Crippen LogP contribution in [0.2, 0.25) is 0 Å². The van der Waals surface area contributed by atoms with Crippen molar-refractivity contribution in [1.82, 2.24) is 4.90 Å². The summed E-state index contributed by atoms with van der Waals surface area (Å²) in [5, 5.41) is 0. The van der Waals surface area contributed by atoms with Gasteiger partial charge >= 0.3 is 0 Å². The van der Waals surface area contributed by atoms with Gasteiger partial charge in [-0.05, 0) is 19.8 Å². The first-order chi connectivity index (χ1) is 4.86. The quantitative estimate of drug-likeness (QED) is 0.394. The lowest BCUT2D eigenvalue weighted by molar-refractivity contribution is -0.118. The van der Waals surface area contributed by atoms with Gasteiger partial charge in [-0.15, -0.1) is 0 Å². The molecule has 56 valence electrons. The maximum absolute atomic E-state index is 10.3. The maximum Gasteiger partial charge on any atom is 0.209 e. The van der Waals surface area contributed by atoms with Crippen molar-refractivity contribution < 1.29 is 4.79 Å². The molecule has 0 saturated carbocycles. The monoisotopic (exact) mass is 139 g/mol. The Labute approximate surface area is 61.5 Å². The van der Waals surface area contributed by atoms with Crippen molar-refractivity contribution in [2.24, 2.45) is 0 Å². The summed E-state index contributed by atoms with van der Waals surface area (Å²) in [5.74, 6) is 0. The zero-order valence-electron chi connectivity index (χ0n) is 6.34. The molecule has 0 atom stereocenters. The molecule has 0 aromatic rings. The van der Waals surface area contributed by atoms with E-state index < -0.39 is 0 Å². The fourth-order valence-electron chi connectivity index (χ4n) is 1.21. The predicted octanol–water partition coefficient (Wildman–Crippen LogP) is 1.18. The molecule has 0 aromatic heterocycles. The van der Waals surface area contributed by atoms with Crippen molar-refractivity contribution in [3.8, 4) is 0 Å². The third-order valence-electron chi connectivity index (χ3n) is 2.00. The Hall–Kier alpha value is -0.790. The standard InChI is InChI=1S/C8H13NO/c1-2-8-3-5-9(7-10)6-4-8/h2,7H,3-6H2,1H3. The number of carbonyl (C=O) groups is 1. The van der Waals surface area contributed by atoms with Gasteiger partial charge in [0.25, 0.3) is 0 Å². The summed E-state index contributed by atoms with van der Waals surface area (Å²) < 4.78 is 0. The molecule has 1 heterocycles. The van der Waals surface area contributed by atoms with E-state index in [1.54, 1.807) is 0 Å². The number of hydrogen-bond acceptors (Lipinski definition) is 1. The summed E-state index contributed by atoms with van der Waals surface area (Å²) in [6.07, 6.45) is 5.22. The Morgan fingerprint density at radius 1 is 1.40 bits per heavy atom. The van der Waals surface area contributed by atoms with E-state index in [2.05, 4.69) is 13.0 Å². The minimum absolute atomic E-state index is 0.906. The van der Waals surface area contributed by atoms with Gasteiger partial charge in [0.1, 0.15) is 0 Å². The van der Waals surface area contributed by atoms with Crippen LogP contribution in [0.25, 0.3) is 0 Å². The van der Waals surface area contributed by atoms with Crippen molar-refractivity contribution in [2.75, 3.05) is 13.1 Å². The van der Waals surface area contributed by atoms with Crippen molar-refractivity contribution in [3.63, 3.8) is 0 Å². The summed E-state index contributed by atoms with van der Waals surface area (Å²) in [6.45, 7) is 3.87. The van der Waals surface area contributed by atoms with E-state index in [1.165, 1.54) is 5.57 Å². The maximum atomic E-state index is 10.3. The molecule has 1 amide bonds. The van der Waals surface area contributed by atoms with Crippen molar-refractivity contribution in [1.29, 1.82) is 0 Å². The highest BCUT2D eigenvalue weighted by Gasteiger charge is 2.09. The molecule has 2 nitrogen and oxygen atoms in total. The zero-order chi connectivity index (χ0) is 7.40. The summed E-state index contributed by atoms with van der Waals surface area (Å²) in [5.41, 5.74) is 1.48. The van der Waals surface area contributed by atoms with Crippen LogP contribution in [-0.2, 0) is 4.79 Å². The molecular weight excluding hydrogens is 126 g/mol. The van der Waals surface area contributed by atoms with E-state index in [0.717, 1.165) is 32.3 Å². The zero-order valence-corrected chi connectivity index (χ0v) is 6.34. The normalized spacial score (nSPS) is 18.9. The first-order valence-corrected chi connectivity index (χ1v) is 3.70. The molecule has 2 heteroatoms. The molecule has 0 aliphatic carbocycles. The van der Waals surface area contributed by atoms with Gasteiger partial charge in [-0.25, -0.2) is 0 Å². The van der Waals surface area contributed by atoms with Crippen LogP contribution in [0, 0.1) is 0 Å². The van der Waals surface area contributed by atoms with Gasteiger partial charge in [0, 0.05) is 13.1 Å². The average molecular weight is 139 g/mol. The van der Waals surface area contributed by atoms with E-state index in [1.807, 2.05) is 4.90 Å². The summed E-state index contributed by atoms with van der Waals surface area (Å²) in [7, 11) is 0. The first-order valence-electron chi connectivity index (χ1n) is 3.70. The molecule has 1 saturated heterocycles. The Morgan fingerprint density at radius 2 is 2.00 bits per heavy atom. The smallest absolute Gasteiger partial charge is 0.209 e. The Morgan fingerprint density at radius 3 is 2.40 bits per heavy atom. The van der Waals surface area contributed by atoms with Gasteiger partial charge in [0.05, 0.1) is 0 Å². The largest absolute Gasteiger partial charge is 0.345 e. The lowest BCUT2D eigenvalue weighted by Crippen LogP contribution is -2.29. The van der Waals surface area contributed by atoms with Gasteiger partial charge in [-0.3, -0.25) is 4.79 Å². The molecular formula is C8H13NO. The average Bonchev–Trinajstić information content (AvgIpc) is 2.05. The number of carbonyl (C=O) groups excluding carboxylic acids is 1. The van der Waals surface area contributed by atoms with Crippen molar-refractivity contribution in [2.45, 2.75) is 19.8 Å². The fourth-order valence-corrected chi connectivity index (χ4v) is 1.21. The number of piperidine rings is 1. The van der Waals surface area contributed by atoms with E-state index in [-0.39, 0.29) is 0 Å². The highest BCUT2D eigenvalue weighted by Crippen LogP contribution is 2.13. The number of hydrogen-bond donors (Lipinski definition) is 0. The van der Waals surface area contributed by atoms with Crippen LogP contribution in [-0.4, -0.2) is 24.4 Å². The summed E-state index contributed by atoms with van der Waals surface area (Å²) in [6, 6.07) is 0. The molecule has 10 heavy (non-hydrogen) atoms. The topological polar surface area (TPSA) is 20.3 Å². The third-order valence-corrected chi connectivity index (χ3v) is 2.00. The molecule has 0 N–H and O–H groups in total. The van der Waals surface area contributed by atoms with E-state index in [4.69, 9.17) is 0 Å².